The van der Waals surface area contributed by atoms with Gasteiger partial charge in [-0.15, -0.1) is 0 Å². The minimum atomic E-state index is -3.61. The normalized spacial score (nSPS) is 13.3. The molecule has 9 nitrogen and oxygen atoms in total. The number of imidazole rings is 1. The molecule has 2 N–H and O–H groups in total. The lowest BCUT2D eigenvalue weighted by Crippen LogP contribution is -2.18. The van der Waals surface area contributed by atoms with E-state index >= 15 is 0 Å². The second kappa shape index (κ2) is 7.80. The van der Waals surface area contributed by atoms with Gasteiger partial charge in [-0.1, -0.05) is 6.92 Å². The Morgan fingerprint density at radius 2 is 1.87 bits per heavy atom. The van der Waals surface area contributed by atoms with Crippen LogP contribution in [0.5, 0.6) is 11.5 Å². The van der Waals surface area contributed by atoms with Gasteiger partial charge in [0.2, 0.25) is 16.8 Å². The summed E-state index contributed by atoms with van der Waals surface area (Å²) in [6.07, 6.45) is 0.623. The highest BCUT2D eigenvalue weighted by Crippen LogP contribution is 2.36. The molecule has 1 aromatic carbocycles. The maximum atomic E-state index is 13.9. The van der Waals surface area contributed by atoms with E-state index in [0.29, 0.717) is 40.6 Å². The Kier molecular flexibility index (Phi) is 5.33. The molecule has 0 spiro atoms. The van der Waals surface area contributed by atoms with Crippen LogP contribution >= 0.6 is 0 Å². The molecule has 0 unspecified atom stereocenters. The molecule has 0 saturated carbocycles. The molecule has 2 aromatic heterocycles. The van der Waals surface area contributed by atoms with E-state index in [1.807, 2.05) is 19.1 Å². The Hall–Kier alpha value is -2.79. The molecule has 3 heterocycles. The third-order valence-electron chi connectivity index (χ3n) is 5.06. The van der Waals surface area contributed by atoms with E-state index in [2.05, 4.69) is 15.0 Å². The molecular formula is C19H22FN5O4S. The Bertz CT molecular complexity index is 1230. The molecule has 160 valence electrons. The molecule has 1 aliphatic heterocycles. The predicted octanol–water partition coefficient (Wildman–Crippen LogP) is 1.83. The van der Waals surface area contributed by atoms with E-state index in [0.717, 1.165) is 17.5 Å². The maximum Gasteiger partial charge on any atom is 0.310 e. The van der Waals surface area contributed by atoms with Crippen LogP contribution in [-0.2, 0) is 29.4 Å². The van der Waals surface area contributed by atoms with Gasteiger partial charge in [-0.3, -0.25) is 0 Å². The molecule has 4 rings (SSSR count). The minimum Gasteiger partial charge on any atom is -0.454 e. The minimum absolute atomic E-state index is 0.183. The summed E-state index contributed by atoms with van der Waals surface area (Å²) in [5, 5.41) is 5.12. The zero-order chi connectivity index (χ0) is 21.5. The topological polar surface area (TPSA) is 122 Å². The number of sulfonamides is 1. The van der Waals surface area contributed by atoms with Gasteiger partial charge < -0.3 is 14.0 Å². The number of aryl methyl sites for hydroxylation is 3. The first-order chi connectivity index (χ1) is 14.2. The van der Waals surface area contributed by atoms with E-state index in [-0.39, 0.29) is 25.5 Å². The van der Waals surface area contributed by atoms with Crippen molar-refractivity contribution < 1.29 is 22.3 Å². The number of rotatable bonds is 7. The van der Waals surface area contributed by atoms with Gasteiger partial charge in [0, 0.05) is 13.0 Å². The summed E-state index contributed by atoms with van der Waals surface area (Å²) in [5.74, 6) is 1.82. The van der Waals surface area contributed by atoms with Crippen molar-refractivity contribution >= 4 is 21.2 Å². The largest absolute Gasteiger partial charge is 0.454 e. The van der Waals surface area contributed by atoms with Gasteiger partial charge in [0.15, 0.2) is 17.1 Å². The molecule has 30 heavy (non-hydrogen) atoms. The van der Waals surface area contributed by atoms with Crippen LogP contribution in [0.3, 0.4) is 0 Å². The highest BCUT2D eigenvalue weighted by atomic mass is 32.2. The molecule has 0 aliphatic carbocycles. The summed E-state index contributed by atoms with van der Waals surface area (Å²) in [5.41, 5.74) is 3.32. The highest BCUT2D eigenvalue weighted by molar-refractivity contribution is 7.89. The van der Waals surface area contributed by atoms with Crippen LogP contribution < -0.4 is 14.6 Å². The lowest BCUT2D eigenvalue weighted by atomic mass is 10.0. The first-order valence-corrected chi connectivity index (χ1v) is 11.3. The second-order valence-electron chi connectivity index (χ2n) is 7.15. The molecule has 0 fully saturated rings. The highest BCUT2D eigenvalue weighted by Gasteiger charge is 2.21. The lowest BCUT2D eigenvalue weighted by molar-refractivity contribution is 0.174. The number of primary sulfonamides is 1. The summed E-state index contributed by atoms with van der Waals surface area (Å²) < 4.78 is 49.3. The number of hydrogen-bond acceptors (Lipinski definition) is 7. The monoisotopic (exact) mass is 435 g/mol. The predicted molar refractivity (Wildman–Crippen MR) is 107 cm³/mol. The van der Waals surface area contributed by atoms with Crippen LogP contribution in [0.4, 0.5) is 4.39 Å². The van der Waals surface area contributed by atoms with E-state index in [4.69, 9.17) is 14.6 Å². The third-order valence-corrected chi connectivity index (χ3v) is 5.91. The van der Waals surface area contributed by atoms with Gasteiger partial charge in [0.05, 0.1) is 11.4 Å². The van der Waals surface area contributed by atoms with E-state index < -0.39 is 16.1 Å². The van der Waals surface area contributed by atoms with Gasteiger partial charge in [-0.25, -0.2) is 23.5 Å². The lowest BCUT2D eigenvalue weighted by Gasteiger charge is -2.12. The van der Waals surface area contributed by atoms with Crippen LogP contribution in [0.2, 0.25) is 0 Å². The molecule has 11 heteroatoms. The summed E-state index contributed by atoms with van der Waals surface area (Å²) in [4.78, 5) is 12.3. The first-order valence-electron chi connectivity index (χ1n) is 9.56. The van der Waals surface area contributed by atoms with Crippen molar-refractivity contribution in [2.45, 2.75) is 39.7 Å². The van der Waals surface area contributed by atoms with Crippen LogP contribution in [0.25, 0.3) is 11.2 Å². The Labute approximate surface area is 173 Å². The van der Waals surface area contributed by atoms with Crippen molar-refractivity contribution in [2.24, 2.45) is 5.14 Å². The number of halogens is 1. The fourth-order valence-electron chi connectivity index (χ4n) is 3.63. The second-order valence-corrected chi connectivity index (χ2v) is 8.89. The number of fused-ring (bicyclic) bond motifs is 2. The van der Waals surface area contributed by atoms with Crippen molar-refractivity contribution in [1.82, 2.24) is 19.5 Å². The maximum absolute atomic E-state index is 13.9. The Morgan fingerprint density at radius 3 is 2.53 bits per heavy atom. The number of nitrogens with zero attached hydrogens (tertiary/aromatic N) is 4. The molecular weight excluding hydrogens is 413 g/mol. The summed E-state index contributed by atoms with van der Waals surface area (Å²) in [6, 6.07) is 3.88. The number of benzene rings is 1. The molecule has 0 saturated heterocycles. The summed E-state index contributed by atoms with van der Waals surface area (Å²) in [6.45, 7) is 4.17. The number of ether oxygens (including phenoxy) is 2. The summed E-state index contributed by atoms with van der Waals surface area (Å²) in [7, 11) is -3.61. The number of hydrogen-bond donors (Lipinski definition) is 1. The van der Waals surface area contributed by atoms with Crippen LogP contribution in [0.1, 0.15) is 36.0 Å². The first kappa shape index (κ1) is 20.5. The van der Waals surface area contributed by atoms with Crippen molar-refractivity contribution in [1.29, 1.82) is 0 Å². The standard InChI is InChI=1S/C19H22FN5O4S/c1-3-12-7-14-15(29-10-28-14)8-13(12)9-16-23-17-11(2)22-19(20)24-18(17)25(16)5-4-6-30(21,26)27/h7-8H,3-6,9-10H2,1-2H3,(H2,21,26,27). The SMILES string of the molecule is CCc1cc2c(cc1Cc1nc3c(C)nc(F)nc3n1CCCS(N)(=O)=O)OCO2. The van der Waals surface area contributed by atoms with Crippen LogP contribution in [0.15, 0.2) is 12.1 Å². The van der Waals surface area contributed by atoms with E-state index in [1.54, 1.807) is 11.5 Å². The van der Waals surface area contributed by atoms with Crippen molar-refractivity contribution in [3.05, 3.63) is 40.9 Å². The summed E-state index contributed by atoms with van der Waals surface area (Å²) >= 11 is 0. The Morgan fingerprint density at radius 1 is 1.17 bits per heavy atom. The van der Waals surface area contributed by atoms with Crippen LogP contribution in [-0.4, -0.2) is 40.5 Å². The molecule has 0 radical (unpaired) electrons. The third kappa shape index (κ3) is 4.08. The van der Waals surface area contributed by atoms with E-state index in [1.165, 1.54) is 0 Å². The fraction of sp³-hybridized carbons (Fsp3) is 0.421. The fourth-order valence-corrected chi connectivity index (χ4v) is 4.16. The zero-order valence-electron chi connectivity index (χ0n) is 16.7. The average Bonchev–Trinajstić information content (AvgIpc) is 3.25. The number of aromatic nitrogens is 4. The molecule has 1 aliphatic rings. The van der Waals surface area contributed by atoms with Gasteiger partial charge in [-0.05, 0) is 43.0 Å². The van der Waals surface area contributed by atoms with E-state index in [9.17, 15) is 12.8 Å². The molecule has 0 atom stereocenters. The van der Waals surface area contributed by atoms with Gasteiger partial charge in [0.1, 0.15) is 11.3 Å². The Balaban J connectivity index is 1.76. The van der Waals surface area contributed by atoms with Gasteiger partial charge >= 0.3 is 6.08 Å². The smallest absolute Gasteiger partial charge is 0.310 e. The molecule has 3 aromatic rings. The molecule has 0 amide bonds. The van der Waals surface area contributed by atoms with Crippen molar-refractivity contribution in [3.63, 3.8) is 0 Å². The average molecular weight is 435 g/mol. The molecule has 0 bridgehead atoms. The van der Waals surface area contributed by atoms with Gasteiger partial charge in [-0.2, -0.15) is 9.37 Å². The van der Waals surface area contributed by atoms with Crippen molar-refractivity contribution in [3.8, 4) is 11.5 Å². The van der Waals surface area contributed by atoms with Crippen LogP contribution in [0, 0.1) is 13.0 Å². The van der Waals surface area contributed by atoms with Crippen molar-refractivity contribution in [2.75, 3.05) is 12.5 Å². The number of nitrogens with two attached hydrogens (primary N) is 1. The van der Waals surface area contributed by atoms with Gasteiger partial charge in [0.25, 0.3) is 0 Å². The zero-order valence-corrected chi connectivity index (χ0v) is 17.5. The quantitative estimate of drug-likeness (QED) is 0.562.